The lowest BCUT2D eigenvalue weighted by atomic mass is 9.96. The molecule has 0 atom stereocenters. The second-order valence-electron chi connectivity index (χ2n) is 7.05. The predicted molar refractivity (Wildman–Crippen MR) is 118 cm³/mol. The van der Waals surface area contributed by atoms with Crippen LogP contribution in [0.2, 0.25) is 0 Å². The summed E-state index contributed by atoms with van der Waals surface area (Å²) < 4.78 is 6.75. The van der Waals surface area contributed by atoms with Crippen molar-refractivity contribution in [3.05, 3.63) is 54.0 Å². The molecular weight excluding hydrogens is 418 g/mol. The third kappa shape index (κ3) is 4.17. The van der Waals surface area contributed by atoms with Crippen molar-refractivity contribution in [2.24, 2.45) is 5.92 Å². The number of carbonyl (C=O) groups excluding carboxylic acids is 1. The number of fused-ring (bicyclic) bond motifs is 1. The second kappa shape index (κ2) is 8.45. The van der Waals surface area contributed by atoms with Crippen molar-refractivity contribution in [1.29, 1.82) is 0 Å². The van der Waals surface area contributed by atoms with E-state index in [-0.39, 0.29) is 11.8 Å². The molecule has 1 aliphatic rings. The summed E-state index contributed by atoms with van der Waals surface area (Å²) in [5.41, 5.74) is 4.18. The third-order valence-electron chi connectivity index (χ3n) is 5.09. The number of carbonyl (C=O) groups is 1. The van der Waals surface area contributed by atoms with Crippen LogP contribution >= 0.6 is 23.1 Å². The smallest absolute Gasteiger partial charge is 0.298 e. The minimum atomic E-state index is -0.0129. The Morgan fingerprint density at radius 3 is 2.67 bits per heavy atom. The Bertz CT molecular complexity index is 1100. The normalized spacial score (nSPS) is 14.9. The zero-order valence-corrected chi connectivity index (χ0v) is 17.7. The van der Waals surface area contributed by atoms with Gasteiger partial charge in [-0.3, -0.25) is 4.79 Å². The van der Waals surface area contributed by atoms with Gasteiger partial charge in [0.25, 0.3) is 6.01 Å². The average molecular weight is 438 g/mol. The molecule has 1 amide bonds. The van der Waals surface area contributed by atoms with E-state index in [2.05, 4.69) is 25.4 Å². The molecule has 0 aliphatic carbocycles. The number of hydrogen-bond donors (Lipinski definition) is 1. The number of rotatable bonds is 5. The zero-order chi connectivity index (χ0) is 20.3. The molecule has 0 saturated carbocycles. The molecule has 0 unspecified atom stereocenters. The Morgan fingerprint density at radius 1 is 1.13 bits per heavy atom. The first-order chi connectivity index (χ1) is 14.7. The molecule has 0 radical (unpaired) electrons. The minimum absolute atomic E-state index is 0.0129. The molecule has 1 fully saturated rings. The van der Waals surface area contributed by atoms with Crippen molar-refractivity contribution in [3.8, 4) is 0 Å². The fourth-order valence-electron chi connectivity index (χ4n) is 3.49. The van der Waals surface area contributed by atoms with Gasteiger partial charge in [0.05, 0.1) is 0 Å². The number of hydrogen-bond acceptors (Lipinski definition) is 8. The fraction of sp³-hybridized carbons (Fsp3) is 0.238. The molecule has 7 nitrogen and oxygen atoms in total. The molecular formula is C21H19N5O2S2. The summed E-state index contributed by atoms with van der Waals surface area (Å²) in [7, 11) is 0. The van der Waals surface area contributed by atoms with E-state index in [0.29, 0.717) is 6.01 Å². The maximum absolute atomic E-state index is 12.7. The van der Waals surface area contributed by atoms with E-state index in [1.165, 1.54) is 11.3 Å². The van der Waals surface area contributed by atoms with Gasteiger partial charge in [0.2, 0.25) is 5.91 Å². The van der Waals surface area contributed by atoms with Gasteiger partial charge in [-0.1, -0.05) is 35.2 Å². The largest absolute Gasteiger partial charge is 0.423 e. The number of aromatic nitrogens is 3. The molecule has 4 aromatic rings. The quantitative estimate of drug-likeness (QED) is 0.485. The molecule has 0 bridgehead atoms. The molecule has 2 aromatic heterocycles. The lowest BCUT2D eigenvalue weighted by Crippen LogP contribution is -2.38. The summed E-state index contributed by atoms with van der Waals surface area (Å²) in [5, 5.41) is 10.9. The number of benzene rings is 2. The highest BCUT2D eigenvalue weighted by Gasteiger charge is 2.27. The second-order valence-corrected chi connectivity index (χ2v) is 9.20. The summed E-state index contributed by atoms with van der Waals surface area (Å²) >= 11 is 3.07. The predicted octanol–water partition coefficient (Wildman–Crippen LogP) is 4.69. The Balaban J connectivity index is 1.15. The van der Waals surface area contributed by atoms with Crippen molar-refractivity contribution in [2.45, 2.75) is 22.1 Å². The molecule has 1 saturated heterocycles. The number of piperidine rings is 1. The molecule has 5 rings (SSSR count). The van der Waals surface area contributed by atoms with Crippen LogP contribution in [0, 0.1) is 5.92 Å². The van der Waals surface area contributed by atoms with E-state index in [0.717, 1.165) is 52.0 Å². The number of anilines is 2. The van der Waals surface area contributed by atoms with Gasteiger partial charge in [-0.2, -0.15) is 4.98 Å². The monoisotopic (exact) mass is 437 g/mol. The molecule has 9 heteroatoms. The van der Waals surface area contributed by atoms with Crippen LogP contribution in [0.4, 0.5) is 11.7 Å². The first-order valence-electron chi connectivity index (χ1n) is 9.70. The summed E-state index contributed by atoms with van der Waals surface area (Å²) in [6, 6.07) is 16.2. The maximum Gasteiger partial charge on any atom is 0.298 e. The van der Waals surface area contributed by atoms with Gasteiger partial charge in [0.15, 0.2) is 9.92 Å². The number of amides is 1. The van der Waals surface area contributed by atoms with Crippen molar-refractivity contribution >= 4 is 51.8 Å². The van der Waals surface area contributed by atoms with E-state index in [4.69, 9.17) is 4.42 Å². The molecule has 0 spiro atoms. The lowest BCUT2D eigenvalue weighted by Gasteiger charge is -2.30. The summed E-state index contributed by atoms with van der Waals surface area (Å²) in [5.74, 6) is 0.0535. The SMILES string of the molecule is O=C(Nc1ccc(Sc2nncs2)cc1)C1CCN(c2nc3ccccc3o2)CC1. The van der Waals surface area contributed by atoms with E-state index in [9.17, 15) is 4.79 Å². The van der Waals surface area contributed by atoms with Crippen LogP contribution in [-0.4, -0.2) is 34.2 Å². The van der Waals surface area contributed by atoms with Gasteiger partial charge >= 0.3 is 0 Å². The maximum atomic E-state index is 12.7. The first kappa shape index (κ1) is 19.1. The van der Waals surface area contributed by atoms with Gasteiger partial charge in [-0.05, 0) is 49.2 Å². The highest BCUT2D eigenvalue weighted by atomic mass is 32.2. The van der Waals surface area contributed by atoms with Crippen LogP contribution in [0.1, 0.15) is 12.8 Å². The highest BCUT2D eigenvalue weighted by Crippen LogP contribution is 2.30. The Morgan fingerprint density at radius 2 is 1.93 bits per heavy atom. The minimum Gasteiger partial charge on any atom is -0.423 e. The van der Waals surface area contributed by atoms with Crippen LogP contribution in [-0.2, 0) is 4.79 Å². The highest BCUT2D eigenvalue weighted by molar-refractivity contribution is 8.01. The molecule has 3 heterocycles. The first-order valence-corrected chi connectivity index (χ1v) is 11.4. The van der Waals surface area contributed by atoms with Crippen LogP contribution in [0.3, 0.4) is 0 Å². The van der Waals surface area contributed by atoms with Gasteiger partial charge in [0.1, 0.15) is 11.0 Å². The van der Waals surface area contributed by atoms with Gasteiger partial charge in [0, 0.05) is 29.6 Å². The number of oxazole rings is 1. The Labute approximate surface area is 181 Å². The molecule has 1 aliphatic heterocycles. The molecule has 152 valence electrons. The van der Waals surface area contributed by atoms with Crippen LogP contribution in [0.15, 0.2) is 67.7 Å². The number of nitrogens with zero attached hydrogens (tertiary/aromatic N) is 4. The standard InChI is InChI=1S/C21H19N5O2S2/c27-19(23-15-5-7-16(8-6-15)30-21-25-22-13-29-21)14-9-11-26(12-10-14)20-24-17-3-1-2-4-18(17)28-20/h1-8,13-14H,9-12H2,(H,23,27). The van der Waals surface area contributed by atoms with E-state index >= 15 is 0 Å². The van der Waals surface area contributed by atoms with E-state index < -0.39 is 0 Å². The zero-order valence-electron chi connectivity index (χ0n) is 16.0. The average Bonchev–Trinajstić information content (AvgIpc) is 3.45. The van der Waals surface area contributed by atoms with Gasteiger partial charge in [-0.25, -0.2) is 0 Å². The molecule has 2 aromatic carbocycles. The van der Waals surface area contributed by atoms with Crippen molar-refractivity contribution in [2.75, 3.05) is 23.3 Å². The van der Waals surface area contributed by atoms with Crippen molar-refractivity contribution in [3.63, 3.8) is 0 Å². The molecule has 1 N–H and O–H groups in total. The summed E-state index contributed by atoms with van der Waals surface area (Å²) in [6.45, 7) is 1.50. The van der Waals surface area contributed by atoms with Crippen LogP contribution < -0.4 is 10.2 Å². The number of para-hydroxylation sites is 2. The van der Waals surface area contributed by atoms with E-state index in [1.807, 2.05) is 48.5 Å². The van der Waals surface area contributed by atoms with Crippen LogP contribution in [0.5, 0.6) is 0 Å². The van der Waals surface area contributed by atoms with Crippen molar-refractivity contribution in [1.82, 2.24) is 15.2 Å². The lowest BCUT2D eigenvalue weighted by molar-refractivity contribution is -0.120. The third-order valence-corrected chi connectivity index (χ3v) is 6.87. The summed E-state index contributed by atoms with van der Waals surface area (Å²) in [4.78, 5) is 20.4. The topological polar surface area (TPSA) is 84.2 Å². The van der Waals surface area contributed by atoms with Gasteiger partial charge in [-0.15, -0.1) is 10.2 Å². The fourth-order valence-corrected chi connectivity index (χ4v) is 4.94. The summed E-state index contributed by atoms with van der Waals surface area (Å²) in [6.07, 6.45) is 1.55. The Kier molecular flexibility index (Phi) is 5.37. The molecule has 30 heavy (non-hydrogen) atoms. The van der Waals surface area contributed by atoms with Crippen molar-refractivity contribution < 1.29 is 9.21 Å². The Hall–Kier alpha value is -2.91. The number of nitrogens with one attached hydrogen (secondary N) is 1. The van der Waals surface area contributed by atoms with Gasteiger partial charge < -0.3 is 14.6 Å². The van der Waals surface area contributed by atoms with Crippen LogP contribution in [0.25, 0.3) is 11.1 Å². The van der Waals surface area contributed by atoms with E-state index in [1.54, 1.807) is 17.3 Å².